The molecule has 1 rings (SSSR count). The monoisotopic (exact) mass is 287 g/mol. The number of carboxylic acids is 1. The van der Waals surface area contributed by atoms with Crippen LogP contribution in [0.25, 0.3) is 0 Å². The molecule has 0 atom stereocenters. The number of carboxylic acid groups (broad SMARTS) is 1. The Morgan fingerprint density at radius 2 is 2.05 bits per heavy atom. The van der Waals surface area contributed by atoms with E-state index in [1.807, 2.05) is 0 Å². The van der Waals surface area contributed by atoms with Gasteiger partial charge in [0.1, 0.15) is 5.82 Å². The molecule has 4 nitrogen and oxygen atoms in total. The largest absolute Gasteiger partial charge is 0.481 e. The standard InChI is InChI=1S/C13H15ClFNO3/c1-13(2,6-5-11(17)18)16-12(19)9-7-8(14)3-4-10(9)15/h3-4,7H,5-6H2,1-2H3,(H,16,19)(H,17,18). The van der Waals surface area contributed by atoms with E-state index >= 15 is 0 Å². The van der Waals surface area contributed by atoms with Crippen LogP contribution in [0.2, 0.25) is 5.02 Å². The first-order chi connectivity index (χ1) is 8.71. The van der Waals surface area contributed by atoms with Crippen molar-refractivity contribution in [1.29, 1.82) is 0 Å². The highest BCUT2D eigenvalue weighted by molar-refractivity contribution is 6.31. The maximum absolute atomic E-state index is 13.5. The van der Waals surface area contributed by atoms with Gasteiger partial charge < -0.3 is 10.4 Å². The van der Waals surface area contributed by atoms with Gasteiger partial charge in [-0.05, 0) is 38.5 Å². The van der Waals surface area contributed by atoms with E-state index in [1.54, 1.807) is 13.8 Å². The van der Waals surface area contributed by atoms with Gasteiger partial charge in [-0.3, -0.25) is 9.59 Å². The van der Waals surface area contributed by atoms with Crippen molar-refractivity contribution < 1.29 is 19.1 Å². The molecular weight excluding hydrogens is 273 g/mol. The second-order valence-corrected chi connectivity index (χ2v) is 5.29. The zero-order chi connectivity index (χ0) is 14.6. The van der Waals surface area contributed by atoms with E-state index in [0.717, 1.165) is 6.07 Å². The van der Waals surface area contributed by atoms with Crippen LogP contribution in [0.1, 0.15) is 37.0 Å². The molecular formula is C13H15ClFNO3. The fourth-order valence-corrected chi connectivity index (χ4v) is 1.70. The third-order valence-corrected chi connectivity index (χ3v) is 2.82. The molecule has 0 saturated heterocycles. The Kier molecular flexibility index (Phi) is 4.89. The summed E-state index contributed by atoms with van der Waals surface area (Å²) in [5, 5.41) is 11.5. The third-order valence-electron chi connectivity index (χ3n) is 2.59. The Labute approximate surface area is 115 Å². The molecule has 1 aromatic carbocycles. The Bertz CT molecular complexity index is 503. The lowest BCUT2D eigenvalue weighted by Gasteiger charge is -2.25. The summed E-state index contributed by atoms with van der Waals surface area (Å²) in [7, 11) is 0. The van der Waals surface area contributed by atoms with Crippen LogP contribution < -0.4 is 5.32 Å². The number of amides is 1. The van der Waals surface area contributed by atoms with Crippen LogP contribution in [-0.4, -0.2) is 22.5 Å². The maximum atomic E-state index is 13.5. The molecule has 0 spiro atoms. The fourth-order valence-electron chi connectivity index (χ4n) is 1.53. The second-order valence-electron chi connectivity index (χ2n) is 4.86. The van der Waals surface area contributed by atoms with Gasteiger partial charge in [0.15, 0.2) is 0 Å². The SMILES string of the molecule is CC(C)(CCC(=O)O)NC(=O)c1cc(Cl)ccc1F. The summed E-state index contributed by atoms with van der Waals surface area (Å²) in [6, 6.07) is 3.70. The predicted molar refractivity (Wildman–Crippen MR) is 69.8 cm³/mol. The smallest absolute Gasteiger partial charge is 0.303 e. The molecule has 0 fully saturated rings. The number of carbonyl (C=O) groups excluding carboxylic acids is 1. The van der Waals surface area contributed by atoms with Crippen LogP contribution in [-0.2, 0) is 4.79 Å². The Balaban J connectivity index is 2.78. The molecule has 0 saturated carbocycles. The van der Waals surface area contributed by atoms with Gasteiger partial charge in [0, 0.05) is 17.0 Å². The van der Waals surface area contributed by atoms with Crippen molar-refractivity contribution in [1.82, 2.24) is 5.32 Å². The second kappa shape index (κ2) is 6.02. The van der Waals surface area contributed by atoms with Crippen molar-refractivity contribution in [2.45, 2.75) is 32.2 Å². The molecule has 0 bridgehead atoms. The topological polar surface area (TPSA) is 66.4 Å². The van der Waals surface area contributed by atoms with Gasteiger partial charge in [0.05, 0.1) is 5.56 Å². The highest BCUT2D eigenvalue weighted by Gasteiger charge is 2.23. The fraction of sp³-hybridized carbons (Fsp3) is 0.385. The van der Waals surface area contributed by atoms with E-state index in [9.17, 15) is 14.0 Å². The molecule has 0 heterocycles. The number of nitrogens with one attached hydrogen (secondary N) is 1. The van der Waals surface area contributed by atoms with Gasteiger partial charge in [0.2, 0.25) is 0 Å². The van der Waals surface area contributed by atoms with Crippen LogP contribution >= 0.6 is 11.6 Å². The molecule has 0 radical (unpaired) electrons. The number of benzene rings is 1. The van der Waals surface area contributed by atoms with Crippen molar-refractivity contribution in [3.05, 3.63) is 34.6 Å². The van der Waals surface area contributed by atoms with E-state index in [2.05, 4.69) is 5.32 Å². The number of carbonyl (C=O) groups is 2. The average molecular weight is 288 g/mol. The molecule has 6 heteroatoms. The maximum Gasteiger partial charge on any atom is 0.303 e. The van der Waals surface area contributed by atoms with Crippen LogP contribution in [0.5, 0.6) is 0 Å². The third kappa shape index (κ3) is 4.87. The minimum absolute atomic E-state index is 0.0781. The van der Waals surface area contributed by atoms with Crippen molar-refractivity contribution in [2.75, 3.05) is 0 Å². The summed E-state index contributed by atoms with van der Waals surface area (Å²) in [6.07, 6.45) is 0.168. The van der Waals surface area contributed by atoms with E-state index in [4.69, 9.17) is 16.7 Å². The summed E-state index contributed by atoms with van der Waals surface area (Å²) >= 11 is 5.71. The van der Waals surface area contributed by atoms with Crippen LogP contribution in [0.15, 0.2) is 18.2 Å². The lowest BCUT2D eigenvalue weighted by Crippen LogP contribution is -2.44. The Morgan fingerprint density at radius 3 is 2.63 bits per heavy atom. The minimum atomic E-state index is -0.948. The first-order valence-electron chi connectivity index (χ1n) is 5.70. The van der Waals surface area contributed by atoms with E-state index < -0.39 is 23.2 Å². The quantitative estimate of drug-likeness (QED) is 0.875. The summed E-state index contributed by atoms with van der Waals surface area (Å²) in [5.74, 6) is -2.23. The number of halogens is 2. The lowest BCUT2D eigenvalue weighted by atomic mass is 9.97. The van der Waals surface area contributed by atoms with E-state index in [1.165, 1.54) is 12.1 Å². The van der Waals surface area contributed by atoms with Gasteiger partial charge in [0.25, 0.3) is 5.91 Å². The number of rotatable bonds is 5. The predicted octanol–water partition coefficient (Wildman–Crippen LogP) is 2.85. The summed E-state index contributed by atoms with van der Waals surface area (Å²) in [6.45, 7) is 3.35. The normalized spacial score (nSPS) is 11.2. The molecule has 0 aliphatic carbocycles. The first-order valence-corrected chi connectivity index (χ1v) is 6.08. The van der Waals surface area contributed by atoms with Crippen molar-refractivity contribution in [3.63, 3.8) is 0 Å². The van der Waals surface area contributed by atoms with Crippen molar-refractivity contribution >= 4 is 23.5 Å². The zero-order valence-electron chi connectivity index (χ0n) is 10.7. The van der Waals surface area contributed by atoms with Gasteiger partial charge in [-0.25, -0.2) is 4.39 Å². The molecule has 104 valence electrons. The van der Waals surface area contributed by atoms with Gasteiger partial charge >= 0.3 is 5.97 Å². The first kappa shape index (κ1) is 15.4. The van der Waals surface area contributed by atoms with Crippen molar-refractivity contribution in [2.24, 2.45) is 0 Å². The minimum Gasteiger partial charge on any atom is -0.481 e. The Morgan fingerprint density at radius 1 is 1.42 bits per heavy atom. The van der Waals surface area contributed by atoms with Gasteiger partial charge in [-0.15, -0.1) is 0 Å². The van der Waals surface area contributed by atoms with Crippen LogP contribution in [0.4, 0.5) is 4.39 Å². The summed E-state index contributed by atoms with van der Waals surface area (Å²) in [5.41, 5.74) is -0.902. The van der Waals surface area contributed by atoms with E-state index in [-0.39, 0.29) is 23.4 Å². The number of hydrogen-bond acceptors (Lipinski definition) is 2. The number of aliphatic carboxylic acids is 1. The van der Waals surface area contributed by atoms with Crippen LogP contribution in [0.3, 0.4) is 0 Å². The average Bonchev–Trinajstić information content (AvgIpc) is 2.29. The molecule has 1 aromatic rings. The highest BCUT2D eigenvalue weighted by Crippen LogP contribution is 2.17. The Hall–Kier alpha value is -1.62. The van der Waals surface area contributed by atoms with Crippen molar-refractivity contribution in [3.8, 4) is 0 Å². The zero-order valence-corrected chi connectivity index (χ0v) is 11.4. The van der Waals surface area contributed by atoms with Gasteiger partial charge in [-0.1, -0.05) is 11.6 Å². The molecule has 2 N–H and O–H groups in total. The molecule has 0 aromatic heterocycles. The highest BCUT2D eigenvalue weighted by atomic mass is 35.5. The van der Waals surface area contributed by atoms with E-state index in [0.29, 0.717) is 0 Å². The van der Waals surface area contributed by atoms with Crippen LogP contribution in [0, 0.1) is 5.82 Å². The number of hydrogen-bond donors (Lipinski definition) is 2. The molecule has 0 aliphatic rings. The molecule has 19 heavy (non-hydrogen) atoms. The summed E-state index contributed by atoms with van der Waals surface area (Å²) in [4.78, 5) is 22.4. The molecule has 1 amide bonds. The lowest BCUT2D eigenvalue weighted by molar-refractivity contribution is -0.137. The molecule has 0 unspecified atom stereocenters. The molecule has 0 aliphatic heterocycles. The summed E-state index contributed by atoms with van der Waals surface area (Å²) < 4.78 is 13.5. The van der Waals surface area contributed by atoms with Gasteiger partial charge in [-0.2, -0.15) is 0 Å².